The van der Waals surface area contributed by atoms with E-state index in [9.17, 15) is 26.4 Å². The molecule has 1 aromatic heterocycles. The number of hydrogen-bond acceptors (Lipinski definition) is 5. The average molecular weight is 428 g/mol. The molecule has 0 bridgehead atoms. The molecule has 0 aliphatic carbocycles. The Balaban J connectivity index is 0.00000364. The maximum absolute atomic E-state index is 12.9. The van der Waals surface area contributed by atoms with Crippen LogP contribution in [-0.2, 0) is 22.7 Å². The summed E-state index contributed by atoms with van der Waals surface area (Å²) in [6, 6.07) is 3.94. The van der Waals surface area contributed by atoms with Crippen LogP contribution < -0.4 is 15.8 Å². The van der Waals surface area contributed by atoms with E-state index in [4.69, 9.17) is 10.2 Å². The molecule has 0 unspecified atom stereocenters. The molecule has 7 nitrogen and oxygen atoms in total. The fourth-order valence-electron chi connectivity index (χ4n) is 2.16. The third-order valence-electron chi connectivity index (χ3n) is 3.49. The van der Waals surface area contributed by atoms with Gasteiger partial charge in [0, 0.05) is 18.3 Å². The highest BCUT2D eigenvalue weighted by Gasteiger charge is 2.31. The number of nitrogens with one attached hydrogen (secondary N) is 2. The van der Waals surface area contributed by atoms with Crippen molar-refractivity contribution >= 4 is 34.0 Å². The van der Waals surface area contributed by atoms with Crippen molar-refractivity contribution < 1.29 is 30.8 Å². The van der Waals surface area contributed by atoms with Gasteiger partial charge in [-0.15, -0.1) is 12.4 Å². The van der Waals surface area contributed by atoms with Gasteiger partial charge >= 0.3 is 6.18 Å². The number of carbonyl (C=O) groups is 1. The number of halogens is 4. The lowest BCUT2D eigenvalue weighted by molar-refractivity contribution is -0.137. The van der Waals surface area contributed by atoms with E-state index in [1.54, 1.807) is 0 Å². The van der Waals surface area contributed by atoms with Crippen molar-refractivity contribution in [1.82, 2.24) is 4.72 Å². The summed E-state index contributed by atoms with van der Waals surface area (Å²) >= 11 is 0. The standard InChI is InChI=1S/C15H16F3N3O4S.ClH/c1-8-12(6-13(25-8)26(23,24)20-2)14(22)21-11-4-9(7-19)3-10(5-11)15(16,17)18;/h3-6,20H,7,19H2,1-2H3,(H,21,22);1H. The predicted octanol–water partition coefficient (Wildman–Crippen LogP) is 2.65. The van der Waals surface area contributed by atoms with Gasteiger partial charge in [-0.3, -0.25) is 4.79 Å². The lowest BCUT2D eigenvalue weighted by Gasteiger charge is -2.12. The second-order valence-corrected chi connectivity index (χ2v) is 7.13. The molecule has 0 saturated heterocycles. The maximum Gasteiger partial charge on any atom is 0.416 e. The first-order chi connectivity index (χ1) is 12.0. The van der Waals surface area contributed by atoms with Gasteiger partial charge in [0.2, 0.25) is 5.09 Å². The number of sulfonamides is 1. The highest BCUT2D eigenvalue weighted by molar-refractivity contribution is 7.89. The summed E-state index contributed by atoms with van der Waals surface area (Å²) in [5, 5.41) is 1.82. The number of benzene rings is 1. The molecule has 0 saturated carbocycles. The van der Waals surface area contributed by atoms with Crippen LogP contribution in [0.5, 0.6) is 0 Å². The van der Waals surface area contributed by atoms with E-state index < -0.39 is 32.8 Å². The Morgan fingerprint density at radius 3 is 2.37 bits per heavy atom. The molecule has 0 fully saturated rings. The maximum atomic E-state index is 12.9. The van der Waals surface area contributed by atoms with Gasteiger partial charge in [-0.1, -0.05) is 0 Å². The van der Waals surface area contributed by atoms with Crippen LogP contribution in [0.4, 0.5) is 18.9 Å². The molecule has 4 N–H and O–H groups in total. The number of rotatable bonds is 5. The first kappa shape index (κ1) is 23.0. The average Bonchev–Trinajstić information content (AvgIpc) is 2.96. The first-order valence-corrected chi connectivity index (χ1v) is 8.73. The Hall–Kier alpha value is -2.08. The smallest absolute Gasteiger partial charge is 0.416 e. The van der Waals surface area contributed by atoms with Crippen LogP contribution in [0, 0.1) is 6.92 Å². The SMILES string of the molecule is CNS(=O)(=O)c1cc(C(=O)Nc2cc(CN)cc(C(F)(F)F)c2)c(C)o1.Cl. The minimum atomic E-state index is -4.61. The zero-order valence-corrected chi connectivity index (χ0v) is 15.8. The van der Waals surface area contributed by atoms with Gasteiger partial charge in [-0.05, 0) is 37.7 Å². The Bertz CT molecular complexity index is 942. The lowest BCUT2D eigenvalue weighted by Crippen LogP contribution is -2.18. The number of aryl methyl sites for hydroxylation is 1. The minimum absolute atomic E-state index is 0. The van der Waals surface area contributed by atoms with E-state index in [-0.39, 0.29) is 41.5 Å². The molecule has 0 spiro atoms. The van der Waals surface area contributed by atoms with E-state index in [0.717, 1.165) is 18.2 Å². The summed E-state index contributed by atoms with van der Waals surface area (Å²) in [7, 11) is -2.73. The second-order valence-electron chi connectivity index (χ2n) is 5.32. The number of amides is 1. The molecule has 0 aliphatic rings. The highest BCUT2D eigenvalue weighted by Crippen LogP contribution is 2.32. The van der Waals surface area contributed by atoms with E-state index in [1.807, 2.05) is 4.72 Å². The van der Waals surface area contributed by atoms with Crippen molar-refractivity contribution in [2.75, 3.05) is 12.4 Å². The summed E-state index contributed by atoms with van der Waals surface area (Å²) in [5.41, 5.74) is 4.37. The number of nitrogens with two attached hydrogens (primary N) is 1. The molecule has 2 rings (SSSR count). The van der Waals surface area contributed by atoms with Gasteiger partial charge in [0.25, 0.3) is 15.9 Å². The number of carbonyl (C=O) groups excluding carboxylic acids is 1. The van der Waals surface area contributed by atoms with E-state index in [2.05, 4.69) is 5.32 Å². The van der Waals surface area contributed by atoms with Crippen molar-refractivity contribution in [2.24, 2.45) is 5.73 Å². The second kappa shape index (κ2) is 8.30. The van der Waals surface area contributed by atoms with Crippen LogP contribution in [0.1, 0.15) is 27.2 Å². The molecule has 0 aliphatic heterocycles. The summed E-state index contributed by atoms with van der Waals surface area (Å²) in [6.45, 7) is 1.21. The summed E-state index contributed by atoms with van der Waals surface area (Å²) < 4.78 is 69.3. The summed E-state index contributed by atoms with van der Waals surface area (Å²) in [5.74, 6) is -0.812. The van der Waals surface area contributed by atoms with Crippen molar-refractivity contribution in [2.45, 2.75) is 24.7 Å². The van der Waals surface area contributed by atoms with Crippen LogP contribution in [-0.4, -0.2) is 21.4 Å². The van der Waals surface area contributed by atoms with E-state index in [0.29, 0.717) is 0 Å². The van der Waals surface area contributed by atoms with Crippen LogP contribution in [0.3, 0.4) is 0 Å². The lowest BCUT2D eigenvalue weighted by atomic mass is 10.1. The third kappa shape index (κ3) is 5.22. The number of alkyl halides is 3. The van der Waals surface area contributed by atoms with Gasteiger partial charge in [-0.2, -0.15) is 13.2 Å². The van der Waals surface area contributed by atoms with Crippen LogP contribution in [0.15, 0.2) is 33.8 Å². The van der Waals surface area contributed by atoms with Gasteiger partial charge in [0.15, 0.2) is 0 Å². The van der Waals surface area contributed by atoms with E-state index >= 15 is 0 Å². The molecule has 27 heavy (non-hydrogen) atoms. The Labute approximate surface area is 159 Å². The van der Waals surface area contributed by atoms with Crippen LogP contribution in [0.2, 0.25) is 0 Å². The van der Waals surface area contributed by atoms with Crippen molar-refractivity contribution in [1.29, 1.82) is 0 Å². The number of anilines is 1. The number of furan rings is 1. The van der Waals surface area contributed by atoms with Gasteiger partial charge < -0.3 is 15.5 Å². The topological polar surface area (TPSA) is 114 Å². The van der Waals surface area contributed by atoms with Crippen molar-refractivity contribution in [3.8, 4) is 0 Å². The Morgan fingerprint density at radius 1 is 1.22 bits per heavy atom. The predicted molar refractivity (Wildman–Crippen MR) is 94.2 cm³/mol. The van der Waals surface area contributed by atoms with Crippen LogP contribution in [0.25, 0.3) is 0 Å². The van der Waals surface area contributed by atoms with Gasteiger partial charge in [-0.25, -0.2) is 13.1 Å². The van der Waals surface area contributed by atoms with E-state index in [1.165, 1.54) is 20.0 Å². The molecule has 2 aromatic rings. The van der Waals surface area contributed by atoms with Gasteiger partial charge in [0.05, 0.1) is 11.1 Å². The fourth-order valence-corrected chi connectivity index (χ4v) is 2.87. The Kier molecular flexibility index (Phi) is 7.05. The largest absolute Gasteiger partial charge is 0.448 e. The minimum Gasteiger partial charge on any atom is -0.448 e. The molecular formula is C15H17ClF3N3O4S. The summed E-state index contributed by atoms with van der Waals surface area (Å²) in [6.07, 6.45) is -4.61. The quantitative estimate of drug-likeness (QED) is 0.678. The highest BCUT2D eigenvalue weighted by atomic mass is 35.5. The normalized spacial score (nSPS) is 11.8. The molecule has 0 atom stereocenters. The molecule has 0 radical (unpaired) electrons. The zero-order valence-electron chi connectivity index (χ0n) is 14.2. The molecular weight excluding hydrogens is 411 g/mol. The Morgan fingerprint density at radius 2 is 1.85 bits per heavy atom. The van der Waals surface area contributed by atoms with Crippen molar-refractivity contribution in [3.05, 3.63) is 46.7 Å². The monoisotopic (exact) mass is 427 g/mol. The molecule has 1 aromatic carbocycles. The third-order valence-corrected chi connectivity index (χ3v) is 4.76. The van der Waals surface area contributed by atoms with Crippen LogP contribution >= 0.6 is 12.4 Å². The van der Waals surface area contributed by atoms with Gasteiger partial charge in [0.1, 0.15) is 5.76 Å². The number of hydrogen-bond donors (Lipinski definition) is 3. The molecule has 1 heterocycles. The van der Waals surface area contributed by atoms with Crippen molar-refractivity contribution in [3.63, 3.8) is 0 Å². The molecule has 150 valence electrons. The first-order valence-electron chi connectivity index (χ1n) is 7.24. The summed E-state index contributed by atoms with van der Waals surface area (Å²) in [4.78, 5) is 12.3. The zero-order chi connectivity index (χ0) is 19.7. The molecule has 1 amide bonds. The fraction of sp³-hybridized carbons (Fsp3) is 0.267. The molecule has 12 heteroatoms.